The molecule has 110 valence electrons. The first kappa shape index (κ1) is 15.0. The third-order valence-corrected chi connectivity index (χ3v) is 3.34. The van der Waals surface area contributed by atoms with E-state index in [1.54, 1.807) is 11.1 Å². The van der Waals surface area contributed by atoms with Crippen LogP contribution in [-0.4, -0.2) is 24.0 Å². The minimum atomic E-state index is -0.0256. The first-order valence-corrected chi connectivity index (χ1v) is 7.24. The van der Waals surface area contributed by atoms with E-state index in [0.29, 0.717) is 12.1 Å². The van der Waals surface area contributed by atoms with Crippen molar-refractivity contribution in [1.29, 1.82) is 0 Å². The number of aromatic nitrogens is 1. The van der Waals surface area contributed by atoms with Crippen LogP contribution in [0.2, 0.25) is 0 Å². The predicted octanol–water partition coefficient (Wildman–Crippen LogP) is 3.49. The first-order chi connectivity index (χ1) is 10.2. The molecular formula is C17H21N3O. The number of nitrogens with zero attached hydrogens (tertiary/aromatic N) is 2. The standard InChI is InChI=1S/C17H21N3O/c1-4-18-16-11-10-14(12-19-16)17(21)20(5-2)15-9-7-6-8-13(15)3/h6-12H,4-5H2,1-3H3,(H,18,19). The number of carbonyl (C=O) groups is 1. The number of amides is 1. The Morgan fingerprint density at radius 1 is 1.19 bits per heavy atom. The zero-order valence-corrected chi connectivity index (χ0v) is 12.8. The van der Waals surface area contributed by atoms with Gasteiger partial charge in [-0.1, -0.05) is 18.2 Å². The Bertz CT molecular complexity index is 608. The second-order valence-corrected chi connectivity index (χ2v) is 4.80. The van der Waals surface area contributed by atoms with Crippen molar-refractivity contribution in [3.63, 3.8) is 0 Å². The summed E-state index contributed by atoms with van der Waals surface area (Å²) in [4.78, 5) is 18.7. The largest absolute Gasteiger partial charge is 0.370 e. The molecule has 0 aliphatic heterocycles. The summed E-state index contributed by atoms with van der Waals surface area (Å²) in [7, 11) is 0. The molecule has 0 saturated heterocycles. The molecular weight excluding hydrogens is 262 g/mol. The van der Waals surface area contributed by atoms with Crippen molar-refractivity contribution < 1.29 is 4.79 Å². The van der Waals surface area contributed by atoms with Gasteiger partial charge in [-0.2, -0.15) is 0 Å². The molecule has 0 bridgehead atoms. The Kier molecular flexibility index (Phi) is 4.93. The van der Waals surface area contributed by atoms with Gasteiger partial charge in [0.05, 0.1) is 5.56 Å². The van der Waals surface area contributed by atoms with E-state index in [1.807, 2.05) is 57.2 Å². The molecule has 0 unspecified atom stereocenters. The molecule has 1 amide bonds. The molecule has 0 fully saturated rings. The van der Waals surface area contributed by atoms with Crippen LogP contribution < -0.4 is 10.2 Å². The van der Waals surface area contributed by atoms with Crippen LogP contribution in [0.4, 0.5) is 11.5 Å². The summed E-state index contributed by atoms with van der Waals surface area (Å²) >= 11 is 0. The molecule has 4 nitrogen and oxygen atoms in total. The minimum absolute atomic E-state index is 0.0256. The van der Waals surface area contributed by atoms with E-state index in [-0.39, 0.29) is 5.91 Å². The van der Waals surface area contributed by atoms with Gasteiger partial charge in [-0.25, -0.2) is 4.98 Å². The smallest absolute Gasteiger partial charge is 0.259 e. The molecule has 0 atom stereocenters. The second kappa shape index (κ2) is 6.88. The lowest BCUT2D eigenvalue weighted by atomic mass is 10.1. The van der Waals surface area contributed by atoms with Crippen molar-refractivity contribution in [2.75, 3.05) is 23.3 Å². The third-order valence-electron chi connectivity index (χ3n) is 3.34. The maximum absolute atomic E-state index is 12.7. The Morgan fingerprint density at radius 2 is 1.95 bits per heavy atom. The number of para-hydroxylation sites is 1. The summed E-state index contributed by atoms with van der Waals surface area (Å²) in [6, 6.07) is 11.6. The highest BCUT2D eigenvalue weighted by Crippen LogP contribution is 2.21. The number of hydrogen-bond acceptors (Lipinski definition) is 3. The van der Waals surface area contributed by atoms with Gasteiger partial charge < -0.3 is 10.2 Å². The van der Waals surface area contributed by atoms with Crippen LogP contribution in [-0.2, 0) is 0 Å². The summed E-state index contributed by atoms with van der Waals surface area (Å²) in [5.74, 6) is 0.760. The lowest BCUT2D eigenvalue weighted by Gasteiger charge is -2.23. The average Bonchev–Trinajstić information content (AvgIpc) is 2.51. The highest BCUT2D eigenvalue weighted by atomic mass is 16.2. The summed E-state index contributed by atoms with van der Waals surface area (Å²) in [5.41, 5.74) is 2.63. The maximum Gasteiger partial charge on any atom is 0.259 e. The van der Waals surface area contributed by atoms with Crippen LogP contribution in [0, 0.1) is 6.92 Å². The zero-order valence-electron chi connectivity index (χ0n) is 12.8. The van der Waals surface area contributed by atoms with Crippen molar-refractivity contribution in [3.05, 3.63) is 53.7 Å². The number of nitrogens with one attached hydrogen (secondary N) is 1. The van der Waals surface area contributed by atoms with Gasteiger partial charge in [-0.15, -0.1) is 0 Å². The molecule has 4 heteroatoms. The molecule has 1 aromatic carbocycles. The SMILES string of the molecule is CCNc1ccc(C(=O)N(CC)c2ccccc2C)cn1. The molecule has 0 spiro atoms. The summed E-state index contributed by atoms with van der Waals surface area (Å²) in [6.07, 6.45) is 1.63. The van der Waals surface area contributed by atoms with Crippen LogP contribution in [0.15, 0.2) is 42.6 Å². The van der Waals surface area contributed by atoms with Crippen LogP contribution in [0.5, 0.6) is 0 Å². The Morgan fingerprint density at radius 3 is 2.52 bits per heavy atom. The fourth-order valence-electron chi connectivity index (χ4n) is 2.25. The predicted molar refractivity (Wildman–Crippen MR) is 86.9 cm³/mol. The van der Waals surface area contributed by atoms with Crippen LogP contribution in [0.25, 0.3) is 0 Å². The summed E-state index contributed by atoms with van der Waals surface area (Å²) in [6.45, 7) is 7.43. The zero-order chi connectivity index (χ0) is 15.2. The van der Waals surface area contributed by atoms with E-state index in [1.165, 1.54) is 0 Å². The monoisotopic (exact) mass is 283 g/mol. The number of rotatable bonds is 5. The first-order valence-electron chi connectivity index (χ1n) is 7.24. The number of anilines is 2. The lowest BCUT2D eigenvalue weighted by Crippen LogP contribution is -2.31. The number of aryl methyl sites for hydroxylation is 1. The highest BCUT2D eigenvalue weighted by molar-refractivity contribution is 6.06. The van der Waals surface area contributed by atoms with Gasteiger partial charge in [0, 0.05) is 25.0 Å². The van der Waals surface area contributed by atoms with Crippen LogP contribution in [0.3, 0.4) is 0 Å². The van der Waals surface area contributed by atoms with Crippen molar-refractivity contribution in [2.24, 2.45) is 0 Å². The van der Waals surface area contributed by atoms with E-state index < -0.39 is 0 Å². The van der Waals surface area contributed by atoms with Gasteiger partial charge in [-0.05, 0) is 44.5 Å². The second-order valence-electron chi connectivity index (χ2n) is 4.80. The van der Waals surface area contributed by atoms with Gasteiger partial charge in [0.1, 0.15) is 5.82 Å². The van der Waals surface area contributed by atoms with E-state index >= 15 is 0 Å². The Labute approximate surface area is 125 Å². The lowest BCUT2D eigenvalue weighted by molar-refractivity contribution is 0.0988. The van der Waals surface area contributed by atoms with Gasteiger partial charge in [0.2, 0.25) is 0 Å². The average molecular weight is 283 g/mol. The molecule has 1 N–H and O–H groups in total. The third kappa shape index (κ3) is 3.40. The topological polar surface area (TPSA) is 45.2 Å². The van der Waals surface area contributed by atoms with Gasteiger partial charge in [0.15, 0.2) is 0 Å². The van der Waals surface area contributed by atoms with E-state index in [9.17, 15) is 4.79 Å². The fraction of sp³-hybridized carbons (Fsp3) is 0.294. The molecule has 0 aliphatic carbocycles. The molecule has 2 aromatic rings. The van der Waals surface area contributed by atoms with Gasteiger partial charge in [-0.3, -0.25) is 4.79 Å². The number of carbonyl (C=O) groups excluding carboxylic acids is 1. The molecule has 0 saturated carbocycles. The van der Waals surface area contributed by atoms with Crippen LogP contribution >= 0.6 is 0 Å². The van der Waals surface area contributed by atoms with Crippen LogP contribution in [0.1, 0.15) is 29.8 Å². The fourth-order valence-corrected chi connectivity index (χ4v) is 2.25. The summed E-state index contributed by atoms with van der Waals surface area (Å²) in [5, 5.41) is 3.12. The quantitative estimate of drug-likeness (QED) is 0.913. The molecule has 1 aromatic heterocycles. The molecule has 1 heterocycles. The molecule has 0 aliphatic rings. The van der Waals surface area contributed by atoms with Crippen molar-refractivity contribution in [3.8, 4) is 0 Å². The van der Waals surface area contributed by atoms with Crippen molar-refractivity contribution in [2.45, 2.75) is 20.8 Å². The Balaban J connectivity index is 2.26. The van der Waals surface area contributed by atoms with E-state index in [2.05, 4.69) is 10.3 Å². The Hall–Kier alpha value is -2.36. The van der Waals surface area contributed by atoms with Gasteiger partial charge >= 0.3 is 0 Å². The van der Waals surface area contributed by atoms with Gasteiger partial charge in [0.25, 0.3) is 5.91 Å². The number of benzene rings is 1. The normalized spacial score (nSPS) is 10.2. The summed E-state index contributed by atoms with van der Waals surface area (Å²) < 4.78 is 0. The van der Waals surface area contributed by atoms with Crippen molar-refractivity contribution in [1.82, 2.24) is 4.98 Å². The molecule has 21 heavy (non-hydrogen) atoms. The minimum Gasteiger partial charge on any atom is -0.370 e. The van der Waals surface area contributed by atoms with E-state index in [0.717, 1.165) is 23.6 Å². The van der Waals surface area contributed by atoms with E-state index in [4.69, 9.17) is 0 Å². The highest BCUT2D eigenvalue weighted by Gasteiger charge is 2.17. The number of pyridine rings is 1. The number of hydrogen-bond donors (Lipinski definition) is 1. The maximum atomic E-state index is 12.7. The molecule has 0 radical (unpaired) electrons. The van der Waals surface area contributed by atoms with Crippen molar-refractivity contribution >= 4 is 17.4 Å². The molecule has 2 rings (SSSR count).